The molecule has 1 aliphatic rings. The molecule has 0 radical (unpaired) electrons. The molecule has 1 unspecified atom stereocenters. The van der Waals surface area contributed by atoms with Gasteiger partial charge in [0.15, 0.2) is 0 Å². The van der Waals surface area contributed by atoms with Crippen LogP contribution in [0.4, 0.5) is 0 Å². The fourth-order valence-corrected chi connectivity index (χ4v) is 2.59. The van der Waals surface area contributed by atoms with Crippen LogP contribution in [-0.2, 0) is 4.79 Å². The second-order valence-corrected chi connectivity index (χ2v) is 6.19. The highest BCUT2D eigenvalue weighted by molar-refractivity contribution is 5.76. The summed E-state index contributed by atoms with van der Waals surface area (Å²) in [5.74, 6) is 1.61. The van der Waals surface area contributed by atoms with E-state index in [1.54, 1.807) is 0 Å². The number of carbonyl (C=O) groups excluding carboxylic acids is 1. The lowest BCUT2D eigenvalue weighted by atomic mass is 9.94. The third kappa shape index (κ3) is 7.00. The summed E-state index contributed by atoms with van der Waals surface area (Å²) in [6, 6.07) is 0.331. The van der Waals surface area contributed by atoms with Gasteiger partial charge in [-0.2, -0.15) is 0 Å². The van der Waals surface area contributed by atoms with Crippen molar-refractivity contribution < 1.29 is 4.79 Å². The minimum absolute atomic E-state index is 0.249. The molecule has 0 aromatic carbocycles. The van der Waals surface area contributed by atoms with E-state index in [-0.39, 0.29) is 5.91 Å². The highest BCUT2D eigenvalue weighted by Crippen LogP contribution is 2.16. The number of piperidine rings is 1. The number of rotatable bonds is 7. The number of amides is 1. The molecule has 1 fully saturated rings. The Balaban J connectivity index is 2.10. The number of carbonyl (C=O) groups is 1. The molecule has 0 aliphatic carbocycles. The third-order valence-electron chi connectivity index (χ3n) is 3.76. The normalized spacial score (nSPS) is 18.9. The zero-order valence-corrected chi connectivity index (χ0v) is 12.3. The molecule has 0 saturated carbocycles. The SMILES string of the molecule is CC(C)CCCC(C)NC(=O)CC1CCNCC1. The molecule has 1 saturated heterocycles. The van der Waals surface area contributed by atoms with Crippen molar-refractivity contribution in [1.29, 1.82) is 0 Å². The van der Waals surface area contributed by atoms with E-state index in [1.165, 1.54) is 12.8 Å². The van der Waals surface area contributed by atoms with Gasteiger partial charge in [0.1, 0.15) is 0 Å². The maximum atomic E-state index is 11.9. The Morgan fingerprint density at radius 2 is 1.89 bits per heavy atom. The van der Waals surface area contributed by atoms with Gasteiger partial charge in [0.2, 0.25) is 5.91 Å². The van der Waals surface area contributed by atoms with Crippen molar-refractivity contribution in [1.82, 2.24) is 10.6 Å². The zero-order chi connectivity index (χ0) is 13.4. The molecule has 1 rings (SSSR count). The molecule has 0 aromatic rings. The summed E-state index contributed by atoms with van der Waals surface area (Å²) in [5.41, 5.74) is 0. The topological polar surface area (TPSA) is 41.1 Å². The Kier molecular flexibility index (Phi) is 7.33. The van der Waals surface area contributed by atoms with Gasteiger partial charge in [-0.25, -0.2) is 0 Å². The van der Waals surface area contributed by atoms with E-state index in [4.69, 9.17) is 0 Å². The maximum absolute atomic E-state index is 11.9. The molecule has 1 amide bonds. The van der Waals surface area contributed by atoms with E-state index in [2.05, 4.69) is 31.4 Å². The predicted molar refractivity (Wildman–Crippen MR) is 76.5 cm³/mol. The van der Waals surface area contributed by atoms with E-state index in [1.807, 2.05) is 0 Å². The fourth-order valence-electron chi connectivity index (χ4n) is 2.59. The highest BCUT2D eigenvalue weighted by atomic mass is 16.1. The molecule has 106 valence electrons. The molecule has 1 atom stereocenters. The maximum Gasteiger partial charge on any atom is 0.220 e. The third-order valence-corrected chi connectivity index (χ3v) is 3.76. The van der Waals surface area contributed by atoms with E-state index in [9.17, 15) is 4.79 Å². The van der Waals surface area contributed by atoms with Crippen LogP contribution in [-0.4, -0.2) is 25.0 Å². The van der Waals surface area contributed by atoms with E-state index in [0.29, 0.717) is 12.0 Å². The lowest BCUT2D eigenvalue weighted by Gasteiger charge is -2.23. The van der Waals surface area contributed by atoms with Crippen LogP contribution in [0.25, 0.3) is 0 Å². The van der Waals surface area contributed by atoms with Crippen molar-refractivity contribution in [2.45, 2.75) is 65.3 Å². The van der Waals surface area contributed by atoms with Gasteiger partial charge in [0, 0.05) is 12.5 Å². The molecule has 1 aliphatic heterocycles. The van der Waals surface area contributed by atoms with Gasteiger partial charge in [0.05, 0.1) is 0 Å². The first-order valence-corrected chi connectivity index (χ1v) is 7.58. The fraction of sp³-hybridized carbons (Fsp3) is 0.933. The summed E-state index contributed by atoms with van der Waals surface area (Å²) < 4.78 is 0. The van der Waals surface area contributed by atoms with E-state index < -0.39 is 0 Å². The minimum Gasteiger partial charge on any atom is -0.354 e. The van der Waals surface area contributed by atoms with Crippen molar-refractivity contribution in [2.75, 3.05) is 13.1 Å². The summed E-state index contributed by atoms with van der Waals surface area (Å²) >= 11 is 0. The minimum atomic E-state index is 0.249. The number of hydrogen-bond acceptors (Lipinski definition) is 2. The first kappa shape index (κ1) is 15.5. The monoisotopic (exact) mass is 254 g/mol. The summed E-state index contributed by atoms with van der Waals surface area (Å²) in [4.78, 5) is 11.9. The molecule has 0 aromatic heterocycles. The van der Waals surface area contributed by atoms with Crippen LogP contribution in [0.15, 0.2) is 0 Å². The first-order chi connectivity index (χ1) is 8.58. The second-order valence-electron chi connectivity index (χ2n) is 6.19. The first-order valence-electron chi connectivity index (χ1n) is 7.58. The smallest absolute Gasteiger partial charge is 0.220 e. The van der Waals surface area contributed by atoms with Crippen LogP contribution in [0.2, 0.25) is 0 Å². The summed E-state index contributed by atoms with van der Waals surface area (Å²) in [6.07, 6.45) is 6.59. The average molecular weight is 254 g/mol. The second kappa shape index (κ2) is 8.52. The Bertz CT molecular complexity index is 235. The van der Waals surface area contributed by atoms with Crippen molar-refractivity contribution in [3.63, 3.8) is 0 Å². The molecular weight excluding hydrogens is 224 g/mol. The molecule has 2 N–H and O–H groups in total. The number of nitrogens with one attached hydrogen (secondary N) is 2. The van der Waals surface area contributed by atoms with Gasteiger partial charge in [-0.1, -0.05) is 26.7 Å². The van der Waals surface area contributed by atoms with Gasteiger partial charge in [-0.05, 0) is 51.1 Å². The van der Waals surface area contributed by atoms with Crippen LogP contribution >= 0.6 is 0 Å². The van der Waals surface area contributed by atoms with Gasteiger partial charge in [-0.15, -0.1) is 0 Å². The van der Waals surface area contributed by atoms with Gasteiger partial charge < -0.3 is 10.6 Å². The number of hydrogen-bond donors (Lipinski definition) is 2. The summed E-state index contributed by atoms with van der Waals surface area (Å²) in [7, 11) is 0. The molecule has 0 spiro atoms. The summed E-state index contributed by atoms with van der Waals surface area (Å²) in [6.45, 7) is 8.77. The quantitative estimate of drug-likeness (QED) is 0.733. The van der Waals surface area contributed by atoms with Crippen LogP contribution in [0, 0.1) is 11.8 Å². The lowest BCUT2D eigenvalue weighted by Crippen LogP contribution is -2.36. The van der Waals surface area contributed by atoms with Crippen LogP contribution in [0.5, 0.6) is 0 Å². The standard InChI is InChI=1S/C15H30N2O/c1-12(2)5-4-6-13(3)17-15(18)11-14-7-9-16-10-8-14/h12-14,16H,4-11H2,1-3H3,(H,17,18). The predicted octanol–water partition coefficient (Wildman–Crippen LogP) is 2.71. The summed E-state index contributed by atoms with van der Waals surface area (Å²) in [5, 5.41) is 6.48. The van der Waals surface area contributed by atoms with Crippen LogP contribution in [0.3, 0.4) is 0 Å². The molecule has 3 heteroatoms. The molecule has 1 heterocycles. The van der Waals surface area contributed by atoms with Crippen molar-refractivity contribution in [3.8, 4) is 0 Å². The van der Waals surface area contributed by atoms with Gasteiger partial charge in [-0.3, -0.25) is 4.79 Å². The van der Waals surface area contributed by atoms with Crippen LogP contribution in [0.1, 0.15) is 59.3 Å². The van der Waals surface area contributed by atoms with Crippen molar-refractivity contribution >= 4 is 5.91 Å². The Morgan fingerprint density at radius 3 is 2.50 bits per heavy atom. The van der Waals surface area contributed by atoms with Crippen LogP contribution < -0.4 is 10.6 Å². The van der Waals surface area contributed by atoms with Crippen molar-refractivity contribution in [3.05, 3.63) is 0 Å². The Morgan fingerprint density at radius 1 is 1.22 bits per heavy atom. The molecule has 3 nitrogen and oxygen atoms in total. The molecular formula is C15H30N2O. The molecule has 0 bridgehead atoms. The van der Waals surface area contributed by atoms with Gasteiger partial charge >= 0.3 is 0 Å². The largest absolute Gasteiger partial charge is 0.354 e. The lowest BCUT2D eigenvalue weighted by molar-refractivity contribution is -0.122. The van der Waals surface area contributed by atoms with E-state index in [0.717, 1.165) is 44.7 Å². The Hall–Kier alpha value is -0.570. The molecule has 18 heavy (non-hydrogen) atoms. The van der Waals surface area contributed by atoms with E-state index >= 15 is 0 Å². The Labute approximate surface area is 112 Å². The highest BCUT2D eigenvalue weighted by Gasteiger charge is 2.17. The van der Waals surface area contributed by atoms with Crippen molar-refractivity contribution in [2.24, 2.45) is 11.8 Å². The van der Waals surface area contributed by atoms with Gasteiger partial charge in [0.25, 0.3) is 0 Å². The zero-order valence-electron chi connectivity index (χ0n) is 12.3. The average Bonchev–Trinajstić information content (AvgIpc) is 2.29.